The van der Waals surface area contributed by atoms with Gasteiger partial charge in [0.2, 0.25) is 0 Å². The van der Waals surface area contributed by atoms with Gasteiger partial charge in [-0.2, -0.15) is 0 Å². The third-order valence-corrected chi connectivity index (χ3v) is 2.86. The lowest BCUT2D eigenvalue weighted by atomic mass is 10.0. The molecule has 1 unspecified atom stereocenters. The quantitative estimate of drug-likeness (QED) is 0.761. The SMILES string of the molecule is C=CCC(C#[N+]C1=C(C)C=CCCNC1=O)CC. The monoisotopic (exact) mass is 245 g/mol. The molecule has 1 heterocycles. The minimum atomic E-state index is -0.113. The van der Waals surface area contributed by atoms with Crippen LogP contribution in [0.15, 0.2) is 36.1 Å². The Bertz CT molecular complexity index is 435. The highest BCUT2D eigenvalue weighted by Crippen LogP contribution is 2.13. The largest absolute Gasteiger partial charge is 0.406 e. The van der Waals surface area contributed by atoms with Crippen LogP contribution < -0.4 is 5.32 Å². The van der Waals surface area contributed by atoms with E-state index in [0.717, 1.165) is 24.8 Å². The molecule has 0 saturated heterocycles. The number of allylic oxidation sites excluding steroid dienone is 3. The first-order valence-electron chi connectivity index (χ1n) is 6.41. The van der Waals surface area contributed by atoms with E-state index in [1.165, 1.54) is 0 Å². The summed E-state index contributed by atoms with van der Waals surface area (Å²) in [5.74, 6) is 0.114. The van der Waals surface area contributed by atoms with Crippen LogP contribution >= 0.6 is 0 Å². The van der Waals surface area contributed by atoms with Gasteiger partial charge in [-0.25, -0.2) is 0 Å². The Morgan fingerprint density at radius 3 is 3.11 bits per heavy atom. The van der Waals surface area contributed by atoms with Gasteiger partial charge in [0.05, 0.1) is 5.92 Å². The fourth-order valence-electron chi connectivity index (χ4n) is 1.68. The van der Waals surface area contributed by atoms with Crippen LogP contribution in [0.2, 0.25) is 0 Å². The van der Waals surface area contributed by atoms with Gasteiger partial charge in [-0.3, -0.25) is 4.79 Å². The second kappa shape index (κ2) is 7.50. The van der Waals surface area contributed by atoms with E-state index in [9.17, 15) is 4.79 Å². The van der Waals surface area contributed by atoms with E-state index in [1.54, 1.807) is 0 Å². The van der Waals surface area contributed by atoms with Crippen molar-refractivity contribution in [1.82, 2.24) is 5.32 Å². The molecule has 1 aliphatic heterocycles. The van der Waals surface area contributed by atoms with Crippen molar-refractivity contribution < 1.29 is 4.79 Å². The Morgan fingerprint density at radius 2 is 2.44 bits per heavy atom. The van der Waals surface area contributed by atoms with E-state index in [1.807, 2.05) is 25.2 Å². The molecule has 18 heavy (non-hydrogen) atoms. The molecule has 0 radical (unpaired) electrons. The summed E-state index contributed by atoms with van der Waals surface area (Å²) >= 11 is 0. The number of nitrogens with one attached hydrogen (secondary N) is 1. The Hall–Kier alpha value is -1.82. The summed E-state index contributed by atoms with van der Waals surface area (Å²) in [4.78, 5) is 16.1. The molecular weight excluding hydrogens is 224 g/mol. The van der Waals surface area contributed by atoms with Crippen molar-refractivity contribution >= 4 is 5.91 Å². The summed E-state index contributed by atoms with van der Waals surface area (Å²) in [5, 5.41) is 2.84. The molecule has 0 aromatic carbocycles. The molecule has 1 amide bonds. The number of amides is 1. The lowest BCUT2D eigenvalue weighted by molar-refractivity contribution is -0.117. The maximum atomic E-state index is 11.9. The van der Waals surface area contributed by atoms with E-state index in [0.29, 0.717) is 12.2 Å². The Morgan fingerprint density at radius 1 is 1.67 bits per heavy atom. The number of nitrogens with zero attached hydrogens (tertiary/aromatic N) is 1. The highest BCUT2D eigenvalue weighted by atomic mass is 16.2. The van der Waals surface area contributed by atoms with Gasteiger partial charge in [0, 0.05) is 12.1 Å². The number of rotatable bonds is 3. The van der Waals surface area contributed by atoms with Gasteiger partial charge in [0.15, 0.2) is 0 Å². The van der Waals surface area contributed by atoms with Crippen LogP contribution in [-0.2, 0) is 4.79 Å². The number of carbonyl (C=O) groups is 1. The van der Waals surface area contributed by atoms with Crippen molar-refractivity contribution in [3.8, 4) is 6.07 Å². The van der Waals surface area contributed by atoms with Gasteiger partial charge in [-0.1, -0.05) is 25.2 Å². The molecule has 1 aliphatic rings. The zero-order valence-electron chi connectivity index (χ0n) is 11.2. The van der Waals surface area contributed by atoms with Crippen molar-refractivity contribution in [1.29, 1.82) is 0 Å². The van der Waals surface area contributed by atoms with Crippen LogP contribution in [0.4, 0.5) is 0 Å². The lowest BCUT2D eigenvalue weighted by Crippen LogP contribution is -2.26. The second-order valence-corrected chi connectivity index (χ2v) is 4.35. The molecule has 0 bridgehead atoms. The molecule has 0 aliphatic carbocycles. The topological polar surface area (TPSA) is 33.5 Å². The van der Waals surface area contributed by atoms with Crippen LogP contribution in [0.25, 0.3) is 4.85 Å². The van der Waals surface area contributed by atoms with Gasteiger partial charge in [0.1, 0.15) is 0 Å². The molecule has 96 valence electrons. The molecule has 0 saturated carbocycles. The van der Waals surface area contributed by atoms with E-state index in [-0.39, 0.29) is 11.8 Å². The van der Waals surface area contributed by atoms with Crippen molar-refractivity contribution in [3.63, 3.8) is 0 Å². The Labute approximate surface area is 109 Å². The standard InChI is InChI=1S/C15H20N2O/c1-4-8-13(5-2)11-17-14-12(3)9-6-7-10-16-15(14)18/h4,6,9,13H,1,5,7-8,10H2,2-3H3/p+1. The van der Waals surface area contributed by atoms with Gasteiger partial charge >= 0.3 is 11.6 Å². The summed E-state index contributed by atoms with van der Waals surface area (Å²) in [5.41, 5.74) is 1.35. The molecule has 1 N–H and O–H groups in total. The highest BCUT2D eigenvalue weighted by Gasteiger charge is 2.23. The molecule has 0 aromatic rings. The average Bonchev–Trinajstić information content (AvgIpc) is 2.35. The van der Waals surface area contributed by atoms with E-state index >= 15 is 0 Å². The van der Waals surface area contributed by atoms with Crippen molar-refractivity contribution in [3.05, 3.63) is 40.9 Å². The molecule has 0 aromatic heterocycles. The fraction of sp³-hybridized carbons (Fsp3) is 0.467. The first-order valence-corrected chi connectivity index (χ1v) is 6.41. The van der Waals surface area contributed by atoms with E-state index < -0.39 is 0 Å². The Balaban J connectivity index is 2.96. The molecule has 0 spiro atoms. The van der Waals surface area contributed by atoms with Crippen LogP contribution in [0.1, 0.15) is 33.1 Å². The molecule has 1 atom stereocenters. The average molecular weight is 245 g/mol. The van der Waals surface area contributed by atoms with Gasteiger partial charge in [-0.05, 0) is 31.0 Å². The summed E-state index contributed by atoms with van der Waals surface area (Å²) in [6.07, 6.45) is 8.50. The predicted molar refractivity (Wildman–Crippen MR) is 75.3 cm³/mol. The first kappa shape index (κ1) is 14.2. The first-order chi connectivity index (χ1) is 8.69. The van der Waals surface area contributed by atoms with Crippen molar-refractivity contribution in [2.45, 2.75) is 33.1 Å². The van der Waals surface area contributed by atoms with Gasteiger partial charge in [0.25, 0.3) is 6.07 Å². The van der Waals surface area contributed by atoms with Crippen LogP contribution in [0.3, 0.4) is 0 Å². The normalized spacial score (nSPS) is 17.1. The highest BCUT2D eigenvalue weighted by molar-refractivity contribution is 5.96. The van der Waals surface area contributed by atoms with E-state index in [4.69, 9.17) is 0 Å². The van der Waals surface area contributed by atoms with Gasteiger partial charge < -0.3 is 5.32 Å². The number of hydrogen-bond acceptors (Lipinski definition) is 1. The Kier molecular flexibility index (Phi) is 5.93. The smallest absolute Gasteiger partial charge is 0.345 e. The summed E-state index contributed by atoms with van der Waals surface area (Å²) < 4.78 is 0. The molecule has 0 fully saturated rings. The van der Waals surface area contributed by atoms with E-state index in [2.05, 4.69) is 29.7 Å². The molecule has 3 nitrogen and oxygen atoms in total. The molecular formula is C15H21N2O+. The number of carbonyl (C=O) groups excluding carboxylic acids is 1. The zero-order chi connectivity index (χ0) is 13.4. The summed E-state index contributed by atoms with van der Waals surface area (Å²) in [6, 6.07) is 3.05. The third kappa shape index (κ3) is 4.21. The summed E-state index contributed by atoms with van der Waals surface area (Å²) in [6.45, 7) is 8.35. The predicted octanol–water partition coefficient (Wildman–Crippen LogP) is 3.27. The summed E-state index contributed by atoms with van der Waals surface area (Å²) in [7, 11) is 0. The zero-order valence-corrected chi connectivity index (χ0v) is 11.2. The fourth-order valence-corrected chi connectivity index (χ4v) is 1.68. The van der Waals surface area contributed by atoms with Crippen LogP contribution in [-0.4, -0.2) is 12.5 Å². The molecule has 3 heteroatoms. The van der Waals surface area contributed by atoms with Crippen LogP contribution in [0.5, 0.6) is 0 Å². The van der Waals surface area contributed by atoms with Crippen molar-refractivity contribution in [2.24, 2.45) is 5.92 Å². The number of hydrogen-bond donors (Lipinski definition) is 1. The van der Waals surface area contributed by atoms with Crippen molar-refractivity contribution in [2.75, 3.05) is 6.54 Å². The minimum Gasteiger partial charge on any atom is -0.345 e. The second-order valence-electron chi connectivity index (χ2n) is 4.35. The third-order valence-electron chi connectivity index (χ3n) is 2.86. The molecule has 1 rings (SSSR count). The van der Waals surface area contributed by atoms with Crippen LogP contribution in [0, 0.1) is 12.0 Å². The lowest BCUT2D eigenvalue weighted by Gasteiger charge is -2.02. The van der Waals surface area contributed by atoms with Gasteiger partial charge in [-0.15, -0.1) is 6.58 Å². The maximum Gasteiger partial charge on any atom is 0.406 e. The minimum absolute atomic E-state index is 0.113. The maximum absolute atomic E-state index is 11.9.